The number of nitrogens with zero attached hydrogens (tertiary/aromatic N) is 6. The van der Waals surface area contributed by atoms with Crippen molar-refractivity contribution in [1.82, 2.24) is 0 Å². The van der Waals surface area contributed by atoms with Crippen LogP contribution in [0.25, 0.3) is 16.7 Å². The fourth-order valence-electron chi connectivity index (χ4n) is 17.3. The highest BCUT2D eigenvalue weighted by molar-refractivity contribution is 7.86. The summed E-state index contributed by atoms with van der Waals surface area (Å²) < 4.78 is 118. The van der Waals surface area contributed by atoms with Crippen molar-refractivity contribution < 1.29 is 52.6 Å². The molecule has 0 aliphatic heterocycles. The van der Waals surface area contributed by atoms with Crippen LogP contribution in [0.1, 0.15) is 215 Å². The van der Waals surface area contributed by atoms with Crippen molar-refractivity contribution in [2.24, 2.45) is 0 Å². The highest BCUT2D eigenvalue weighted by Crippen LogP contribution is 2.43. The number of allylic oxidation sites excluding steroid dienone is 15. The van der Waals surface area contributed by atoms with Gasteiger partial charge in [0.15, 0.2) is 0 Å². The standard InChI is InChI=1S/C39H56N2O3S.C31H40N2O3S.C27H32N2O3S/c1-9-13-21-40(22-14-10-2)38-29(5)25-33(26-30(38)6)37(35-19-17-18-20-36(35)45(42,43)44)34-27-31(7)39(32(8)28-34)41(23-15-11-3)24-16-12-4;1-9-32(10-2)30-21(5)17-25(18-22(30)6)29(27-15-13-14-16-28(27)37(34,35)36)26-19-23(7)31(24(8)20-26)33(11-3)12-4;1-17-13-21(14-18(2)26(17)28(5)6)25(23-11-9-10-12-24(23)33(30,31)32)22-15-19(3)27(29(7)8)20(4)16-22/h17-20,25-28H,9-16,21-24H2,1-8H3;13-20H,9-12H2,1-8H3;9-16H,1-8H3. The lowest BCUT2D eigenvalue weighted by Crippen LogP contribution is -2.27. The number of hydrogen-bond acceptors (Lipinski definition) is 12. The number of rotatable bonds is 28. The SMILES string of the molecule is CC1=CC(=C(c2cc(C)c(N(C)C)c(C)c2)c2ccccc2S(=O)(=O)[O-])C=C(C)C1=[N+](C)C.CCCCN(CCCC)c1c(C)cc(C(=C2C=C(C)C(=[N+](CCCC)CCCC)C(C)=C2)c2ccccc2S(=O)(=O)[O-])cc1C.CCN(CC)c1c(C)cc(C(=C2C=C(C)C(=[N+](CC)CC)C(C)=C2)c2ccccc2S(=O)(=O)[O-])cc1C. The lowest BCUT2D eigenvalue weighted by Gasteiger charge is -2.29. The van der Waals surface area contributed by atoms with Crippen molar-refractivity contribution in [3.63, 3.8) is 0 Å². The van der Waals surface area contributed by atoms with Gasteiger partial charge in [0.05, 0.1) is 14.7 Å². The second-order valence-electron chi connectivity index (χ2n) is 31.2. The number of benzene rings is 6. The number of hydrogen-bond donors (Lipinski definition) is 0. The van der Waals surface area contributed by atoms with E-state index in [-0.39, 0.29) is 14.7 Å². The Balaban J connectivity index is 0.000000242. The Bertz CT molecular complexity index is 5220. The van der Waals surface area contributed by atoms with Crippen LogP contribution in [0, 0.1) is 41.5 Å². The molecule has 618 valence electrons. The van der Waals surface area contributed by atoms with E-state index in [1.807, 2.05) is 62.0 Å². The highest BCUT2D eigenvalue weighted by atomic mass is 32.2. The molecule has 15 nitrogen and oxygen atoms in total. The van der Waals surface area contributed by atoms with Gasteiger partial charge in [0.2, 0.25) is 17.1 Å². The molecule has 0 bridgehead atoms. The summed E-state index contributed by atoms with van der Waals surface area (Å²) in [4.78, 5) is 6.33. The van der Waals surface area contributed by atoms with Crippen LogP contribution in [-0.4, -0.2) is 150 Å². The molecule has 0 aromatic heterocycles. The molecule has 6 aromatic rings. The molecule has 18 heteroatoms. The molecule has 115 heavy (non-hydrogen) atoms. The Labute approximate surface area is 691 Å². The molecule has 0 saturated carbocycles. The maximum atomic E-state index is 12.6. The Morgan fingerprint density at radius 1 is 0.348 bits per heavy atom. The van der Waals surface area contributed by atoms with E-state index in [1.165, 1.54) is 41.0 Å². The van der Waals surface area contributed by atoms with Gasteiger partial charge in [-0.3, -0.25) is 0 Å². The van der Waals surface area contributed by atoms with Gasteiger partial charge in [0.25, 0.3) is 0 Å². The fraction of sp³-hybridized carbons (Fsp3) is 0.412. The molecule has 6 aromatic carbocycles. The predicted molar refractivity (Wildman–Crippen MR) is 480 cm³/mol. The maximum absolute atomic E-state index is 12.6. The van der Waals surface area contributed by atoms with Crippen molar-refractivity contribution >= 4 is 81.3 Å². The van der Waals surface area contributed by atoms with Crippen molar-refractivity contribution in [1.29, 1.82) is 0 Å². The highest BCUT2D eigenvalue weighted by Gasteiger charge is 2.30. The molecule has 0 saturated heterocycles. The van der Waals surface area contributed by atoms with Crippen molar-refractivity contribution in [3.05, 3.63) is 263 Å². The average Bonchev–Trinajstić information content (AvgIpc) is 0.766. The largest absolute Gasteiger partial charge is 0.744 e. The third-order valence-electron chi connectivity index (χ3n) is 21.8. The van der Waals surface area contributed by atoms with Crippen LogP contribution >= 0.6 is 0 Å². The van der Waals surface area contributed by atoms with Gasteiger partial charge >= 0.3 is 0 Å². The van der Waals surface area contributed by atoms with Crippen molar-refractivity contribution in [2.75, 3.05) is 95.2 Å². The number of anilines is 3. The van der Waals surface area contributed by atoms with Crippen LogP contribution in [0.15, 0.2) is 210 Å². The summed E-state index contributed by atoms with van der Waals surface area (Å²) in [6, 6.07) is 32.4. The summed E-state index contributed by atoms with van der Waals surface area (Å²) in [5.74, 6) is 0. The molecule has 0 radical (unpaired) electrons. The fourth-order valence-corrected chi connectivity index (χ4v) is 19.3. The normalized spacial score (nSPS) is 13.8. The zero-order chi connectivity index (χ0) is 85.3. The summed E-state index contributed by atoms with van der Waals surface area (Å²) in [5, 5.41) is 0. The van der Waals surface area contributed by atoms with Crippen LogP contribution in [0.4, 0.5) is 17.1 Å². The Kier molecular flexibility index (Phi) is 33.5. The van der Waals surface area contributed by atoms with Gasteiger partial charge in [-0.2, -0.15) is 0 Å². The van der Waals surface area contributed by atoms with Crippen LogP contribution in [-0.2, 0) is 30.4 Å². The third-order valence-corrected chi connectivity index (χ3v) is 24.5. The molecule has 0 spiro atoms. The molecule has 3 aliphatic rings. The van der Waals surface area contributed by atoms with Gasteiger partial charge in [0.1, 0.15) is 70.6 Å². The van der Waals surface area contributed by atoms with Crippen LogP contribution < -0.4 is 14.7 Å². The predicted octanol–water partition coefficient (Wildman–Crippen LogP) is 20.3. The first kappa shape index (κ1) is 93.3. The second kappa shape index (κ2) is 41.3. The molecule has 0 unspecified atom stereocenters. The molecule has 0 fully saturated rings. The molecule has 0 amide bonds. The zero-order valence-electron chi connectivity index (χ0n) is 73.3. The zero-order valence-corrected chi connectivity index (χ0v) is 75.7. The molecule has 9 rings (SSSR count). The van der Waals surface area contributed by atoms with Gasteiger partial charge in [-0.15, -0.1) is 0 Å². The lowest BCUT2D eigenvalue weighted by molar-refractivity contribution is -0.528. The van der Waals surface area contributed by atoms with E-state index >= 15 is 0 Å². The summed E-state index contributed by atoms with van der Waals surface area (Å²) in [6.07, 6.45) is 21.8. The minimum absolute atomic E-state index is 0.182. The Hall–Kier alpha value is -8.88. The molecule has 0 N–H and O–H groups in total. The van der Waals surface area contributed by atoms with Crippen LogP contribution in [0.3, 0.4) is 0 Å². The summed E-state index contributed by atoms with van der Waals surface area (Å²) >= 11 is 0. The summed E-state index contributed by atoms with van der Waals surface area (Å²) in [7, 11) is -6.03. The van der Waals surface area contributed by atoms with Gasteiger partial charge in [0, 0.05) is 120 Å². The van der Waals surface area contributed by atoms with E-state index in [0.29, 0.717) is 16.7 Å². The quantitative estimate of drug-likeness (QED) is 0.0334. The Morgan fingerprint density at radius 2 is 0.609 bits per heavy atom. The van der Waals surface area contributed by atoms with Crippen LogP contribution in [0.2, 0.25) is 0 Å². The maximum Gasteiger partial charge on any atom is 0.205 e. The van der Waals surface area contributed by atoms with Gasteiger partial charge < -0.3 is 28.4 Å². The monoisotopic (exact) mass is 1620 g/mol. The van der Waals surface area contributed by atoms with Crippen molar-refractivity contribution in [3.8, 4) is 0 Å². The van der Waals surface area contributed by atoms with E-state index in [0.717, 1.165) is 232 Å². The number of unbranched alkanes of at least 4 members (excludes halogenated alkanes) is 4. The minimum atomic E-state index is -4.71. The van der Waals surface area contributed by atoms with Crippen LogP contribution in [0.5, 0.6) is 0 Å². The minimum Gasteiger partial charge on any atom is -0.744 e. The van der Waals surface area contributed by atoms with Gasteiger partial charge in [-0.25, -0.2) is 39.0 Å². The smallest absolute Gasteiger partial charge is 0.205 e. The van der Waals surface area contributed by atoms with E-state index in [4.69, 9.17) is 0 Å². The molecular weight excluding hydrogens is 1490 g/mol. The molecule has 3 aliphatic carbocycles. The van der Waals surface area contributed by atoms with E-state index in [1.54, 1.807) is 48.5 Å². The van der Waals surface area contributed by atoms with Gasteiger partial charge in [-0.05, 0) is 298 Å². The first-order valence-electron chi connectivity index (χ1n) is 41.1. The van der Waals surface area contributed by atoms with E-state index in [9.17, 15) is 38.9 Å². The van der Waals surface area contributed by atoms with E-state index < -0.39 is 30.4 Å². The third kappa shape index (κ3) is 22.7. The van der Waals surface area contributed by atoms with E-state index in [2.05, 4.69) is 212 Å². The molecule has 0 atom stereocenters. The Morgan fingerprint density at radius 3 is 0.861 bits per heavy atom. The van der Waals surface area contributed by atoms with Gasteiger partial charge in [-0.1, -0.05) is 108 Å². The lowest BCUT2D eigenvalue weighted by atomic mass is 9.85. The average molecular weight is 1620 g/mol. The first-order chi connectivity index (χ1) is 54.3. The van der Waals surface area contributed by atoms with Crippen molar-refractivity contribution in [2.45, 2.75) is 205 Å². The summed E-state index contributed by atoms with van der Waals surface area (Å²) in [5.41, 5.74) is 29.6. The molecule has 0 heterocycles. The molecular formula is C97H128N6O9S3. The summed E-state index contributed by atoms with van der Waals surface area (Å²) in [6.45, 7) is 50.3. The topological polar surface area (TPSA) is 190 Å². The second-order valence-corrected chi connectivity index (χ2v) is 35.3. The first-order valence-corrected chi connectivity index (χ1v) is 45.3. The number of aryl methyl sites for hydroxylation is 6.